The molecule has 1 aromatic heterocycles. The molecule has 0 spiro atoms. The maximum atomic E-state index is 4.80. The van der Waals surface area contributed by atoms with E-state index >= 15 is 0 Å². The van der Waals surface area contributed by atoms with Crippen LogP contribution in [-0.2, 0) is 0 Å². The van der Waals surface area contributed by atoms with E-state index in [1.807, 2.05) is 0 Å². The topological polar surface area (TPSA) is 24.9 Å². The number of benzene rings is 1. The van der Waals surface area contributed by atoms with Gasteiger partial charge in [0, 0.05) is 23.4 Å². The number of thiazole rings is 1. The molecule has 1 fully saturated rings. The smallest absolute Gasteiger partial charge is 0.0976 e. The van der Waals surface area contributed by atoms with Crippen molar-refractivity contribution >= 4 is 11.3 Å². The molecule has 1 atom stereocenters. The van der Waals surface area contributed by atoms with Crippen LogP contribution in [0, 0.1) is 6.92 Å². The summed E-state index contributed by atoms with van der Waals surface area (Å²) >= 11 is 1.80. The Morgan fingerprint density at radius 2 is 2.24 bits per heavy atom. The molecule has 88 valence electrons. The monoisotopic (exact) mass is 244 g/mol. The molecule has 1 aliphatic heterocycles. The minimum absolute atomic E-state index is 0.623. The van der Waals surface area contributed by atoms with Crippen molar-refractivity contribution in [3.63, 3.8) is 0 Å². The van der Waals surface area contributed by atoms with Gasteiger partial charge < -0.3 is 5.32 Å². The van der Waals surface area contributed by atoms with Gasteiger partial charge in [-0.2, -0.15) is 0 Å². The lowest BCUT2D eigenvalue weighted by Crippen LogP contribution is -2.07. The summed E-state index contributed by atoms with van der Waals surface area (Å²) in [6.45, 7) is 4.36. The van der Waals surface area contributed by atoms with E-state index in [0.717, 1.165) is 18.8 Å². The van der Waals surface area contributed by atoms with Crippen molar-refractivity contribution in [2.24, 2.45) is 0 Å². The number of nitrogens with one attached hydrogen (secondary N) is 1. The zero-order valence-electron chi connectivity index (χ0n) is 9.94. The predicted octanol–water partition coefficient (Wildman–Crippen LogP) is 3.20. The van der Waals surface area contributed by atoms with Gasteiger partial charge in [-0.1, -0.05) is 24.3 Å². The summed E-state index contributed by atoms with van der Waals surface area (Å²) in [5.74, 6) is 0.623. The van der Waals surface area contributed by atoms with Crippen molar-refractivity contribution in [1.29, 1.82) is 0 Å². The van der Waals surface area contributed by atoms with Gasteiger partial charge >= 0.3 is 0 Å². The summed E-state index contributed by atoms with van der Waals surface area (Å²) in [4.78, 5) is 4.80. The molecule has 0 bridgehead atoms. The van der Waals surface area contributed by atoms with Crippen LogP contribution < -0.4 is 5.32 Å². The molecule has 3 rings (SSSR count). The molecular formula is C14H16N2S. The quantitative estimate of drug-likeness (QED) is 0.877. The molecule has 0 aliphatic carbocycles. The van der Waals surface area contributed by atoms with E-state index in [1.54, 1.807) is 11.3 Å². The van der Waals surface area contributed by atoms with Crippen molar-refractivity contribution in [3.05, 3.63) is 40.2 Å². The van der Waals surface area contributed by atoms with Crippen molar-refractivity contribution in [3.8, 4) is 11.3 Å². The number of hydrogen-bond acceptors (Lipinski definition) is 3. The average Bonchev–Trinajstić information content (AvgIpc) is 3.00. The molecule has 1 aliphatic rings. The molecule has 1 aromatic carbocycles. The first-order chi connectivity index (χ1) is 8.34. The summed E-state index contributed by atoms with van der Waals surface area (Å²) < 4.78 is 0. The zero-order valence-corrected chi connectivity index (χ0v) is 10.8. The van der Waals surface area contributed by atoms with E-state index in [1.165, 1.54) is 22.6 Å². The zero-order chi connectivity index (χ0) is 11.7. The lowest BCUT2D eigenvalue weighted by Gasteiger charge is -2.03. The van der Waals surface area contributed by atoms with Gasteiger partial charge in [-0.25, -0.2) is 4.98 Å². The second kappa shape index (κ2) is 4.59. The molecule has 1 N–H and O–H groups in total. The molecular weight excluding hydrogens is 228 g/mol. The minimum Gasteiger partial charge on any atom is -0.316 e. The lowest BCUT2D eigenvalue weighted by atomic mass is 10.1. The highest BCUT2D eigenvalue weighted by Gasteiger charge is 2.20. The summed E-state index contributed by atoms with van der Waals surface area (Å²) in [7, 11) is 0. The fraction of sp³-hybridized carbons (Fsp3) is 0.357. The molecule has 1 saturated heterocycles. The summed E-state index contributed by atoms with van der Waals surface area (Å²) in [5, 5.41) is 6.87. The van der Waals surface area contributed by atoms with E-state index in [0.29, 0.717) is 5.92 Å². The Hall–Kier alpha value is -1.19. The van der Waals surface area contributed by atoms with Gasteiger partial charge in [-0.15, -0.1) is 11.3 Å². The largest absolute Gasteiger partial charge is 0.316 e. The highest BCUT2D eigenvalue weighted by molar-refractivity contribution is 7.10. The second-order valence-corrected chi connectivity index (χ2v) is 5.47. The van der Waals surface area contributed by atoms with Gasteiger partial charge in [-0.3, -0.25) is 0 Å². The first kappa shape index (κ1) is 10.9. The Morgan fingerprint density at radius 3 is 3.00 bits per heavy atom. The number of rotatable bonds is 2. The molecule has 0 saturated carbocycles. The number of hydrogen-bond donors (Lipinski definition) is 1. The van der Waals surface area contributed by atoms with Gasteiger partial charge in [0.1, 0.15) is 0 Å². The molecule has 3 heteroatoms. The fourth-order valence-corrected chi connectivity index (χ4v) is 3.28. The van der Waals surface area contributed by atoms with Crippen molar-refractivity contribution < 1.29 is 0 Å². The minimum atomic E-state index is 0.623. The van der Waals surface area contributed by atoms with Crippen molar-refractivity contribution in [2.75, 3.05) is 13.1 Å². The Balaban J connectivity index is 1.92. The molecule has 0 amide bonds. The van der Waals surface area contributed by atoms with Crippen LogP contribution in [0.2, 0.25) is 0 Å². The van der Waals surface area contributed by atoms with Gasteiger partial charge in [0.15, 0.2) is 0 Å². The Labute approximate surface area is 106 Å². The lowest BCUT2D eigenvalue weighted by molar-refractivity contribution is 0.756. The highest BCUT2D eigenvalue weighted by Crippen LogP contribution is 2.30. The Morgan fingerprint density at radius 1 is 1.35 bits per heavy atom. The third-order valence-corrected chi connectivity index (χ3v) is 4.36. The number of nitrogens with zero attached hydrogens (tertiary/aromatic N) is 1. The van der Waals surface area contributed by atoms with Gasteiger partial charge in [-0.05, 0) is 25.5 Å². The molecule has 2 aromatic rings. The first-order valence-electron chi connectivity index (χ1n) is 6.07. The summed E-state index contributed by atoms with van der Waals surface area (Å²) in [6.07, 6.45) is 1.22. The van der Waals surface area contributed by atoms with Gasteiger partial charge in [0.25, 0.3) is 0 Å². The van der Waals surface area contributed by atoms with Crippen LogP contribution in [0.4, 0.5) is 0 Å². The van der Waals surface area contributed by atoms with Crippen LogP contribution in [0.15, 0.2) is 29.6 Å². The summed E-state index contributed by atoms with van der Waals surface area (Å²) in [5.41, 5.74) is 3.70. The van der Waals surface area contributed by atoms with Crippen LogP contribution in [0.25, 0.3) is 11.3 Å². The van der Waals surface area contributed by atoms with Gasteiger partial charge in [0.2, 0.25) is 0 Å². The van der Waals surface area contributed by atoms with E-state index in [4.69, 9.17) is 4.98 Å². The number of aromatic nitrogens is 1. The van der Waals surface area contributed by atoms with Crippen LogP contribution in [0.1, 0.15) is 22.9 Å². The molecule has 2 heterocycles. The van der Waals surface area contributed by atoms with E-state index < -0.39 is 0 Å². The average molecular weight is 244 g/mol. The normalized spacial score (nSPS) is 19.7. The molecule has 17 heavy (non-hydrogen) atoms. The highest BCUT2D eigenvalue weighted by atomic mass is 32.1. The van der Waals surface area contributed by atoms with E-state index in [9.17, 15) is 0 Å². The first-order valence-corrected chi connectivity index (χ1v) is 6.94. The number of aryl methyl sites for hydroxylation is 1. The Kier molecular flexibility index (Phi) is 2.95. The third-order valence-electron chi connectivity index (χ3n) is 3.35. The maximum Gasteiger partial charge on any atom is 0.0976 e. The summed E-state index contributed by atoms with van der Waals surface area (Å²) in [6, 6.07) is 8.46. The molecule has 1 unspecified atom stereocenters. The van der Waals surface area contributed by atoms with Crippen LogP contribution >= 0.6 is 11.3 Å². The van der Waals surface area contributed by atoms with Crippen molar-refractivity contribution in [1.82, 2.24) is 10.3 Å². The standard InChI is InChI=1S/C14H16N2S/c1-10-4-2-3-5-12(10)13-9-17-14(16-13)11-6-7-15-8-11/h2-5,9,11,15H,6-8H2,1H3. The van der Waals surface area contributed by atoms with Crippen LogP contribution in [0.5, 0.6) is 0 Å². The third kappa shape index (κ3) is 2.13. The van der Waals surface area contributed by atoms with E-state index in [2.05, 4.69) is 41.9 Å². The SMILES string of the molecule is Cc1ccccc1-c1csc(C2CCNC2)n1. The predicted molar refractivity (Wildman–Crippen MR) is 72.5 cm³/mol. The fourth-order valence-electron chi connectivity index (χ4n) is 2.32. The van der Waals surface area contributed by atoms with Crippen molar-refractivity contribution in [2.45, 2.75) is 19.3 Å². The van der Waals surface area contributed by atoms with Gasteiger partial charge in [0.05, 0.1) is 10.7 Å². The van der Waals surface area contributed by atoms with Crippen LogP contribution in [-0.4, -0.2) is 18.1 Å². The maximum absolute atomic E-state index is 4.80. The molecule has 0 radical (unpaired) electrons. The van der Waals surface area contributed by atoms with Crippen LogP contribution in [0.3, 0.4) is 0 Å². The molecule has 2 nitrogen and oxygen atoms in total. The second-order valence-electron chi connectivity index (χ2n) is 4.58. The van der Waals surface area contributed by atoms with E-state index in [-0.39, 0.29) is 0 Å². The Bertz CT molecular complexity index is 512.